The molecular weight excluding hydrogens is 124 g/mol. The molecule has 0 N–H and O–H groups in total. The largest absolute Gasteiger partial charge is 0.359 e. The molecule has 0 aliphatic rings. The van der Waals surface area contributed by atoms with Crippen molar-refractivity contribution in [2.45, 2.75) is 6.92 Å². The van der Waals surface area contributed by atoms with Crippen LogP contribution in [0, 0.1) is 12.1 Å². The summed E-state index contributed by atoms with van der Waals surface area (Å²) in [5.74, 6) is 0. The number of rotatable bonds is 1. The molecule has 0 aromatic carbocycles. The van der Waals surface area contributed by atoms with E-state index in [-0.39, 0.29) is 10.6 Å². The van der Waals surface area contributed by atoms with E-state index in [1.165, 1.54) is 6.92 Å². The van der Waals surface area contributed by atoms with Crippen LogP contribution in [0.1, 0.15) is 16.2 Å². The molecule has 0 unspecified atom stereocenters. The van der Waals surface area contributed by atoms with E-state index in [0.717, 1.165) is 0 Å². The summed E-state index contributed by atoms with van der Waals surface area (Å²) in [6.45, 7) is 1.52. The van der Waals surface area contributed by atoms with Crippen molar-refractivity contribution < 1.29 is 14.3 Å². The molecule has 0 atom stereocenters. The fraction of sp³-hybridized carbons (Fsp3) is 0.250. The minimum absolute atomic E-state index is 0.0718. The van der Waals surface area contributed by atoms with Crippen molar-refractivity contribution in [1.29, 1.82) is 0 Å². The highest BCUT2D eigenvalue weighted by molar-refractivity contribution is 5.70. The van der Waals surface area contributed by atoms with Gasteiger partial charge in [0.1, 0.15) is 0 Å². The van der Waals surface area contributed by atoms with E-state index in [1.807, 2.05) is 0 Å². The number of hydrogen-bond donors (Lipinski definition) is 0. The summed E-state index contributed by atoms with van der Waals surface area (Å²) >= 11 is 0. The normalized spacial score (nSPS) is 9.44. The first-order chi connectivity index (χ1) is 4.25. The maximum absolute atomic E-state index is 10.3. The van der Waals surface area contributed by atoms with E-state index < -0.39 is 0 Å². The Morgan fingerprint density at radius 1 is 1.89 bits per heavy atom. The summed E-state index contributed by atoms with van der Waals surface area (Å²) in [6.07, 6.45) is 0.402. The second-order valence-electron chi connectivity index (χ2n) is 1.52. The lowest BCUT2D eigenvalue weighted by Gasteiger charge is -1.81. The SMILES string of the molecule is Cc1no[n+]([O-])c1C=O. The molecule has 5 nitrogen and oxygen atoms in total. The lowest BCUT2D eigenvalue weighted by atomic mass is 10.4. The third kappa shape index (κ3) is 0.758. The van der Waals surface area contributed by atoms with Gasteiger partial charge >= 0.3 is 0 Å². The van der Waals surface area contributed by atoms with Crippen LogP contribution in [0.5, 0.6) is 0 Å². The monoisotopic (exact) mass is 128 g/mol. The van der Waals surface area contributed by atoms with Gasteiger partial charge < -0.3 is 5.21 Å². The van der Waals surface area contributed by atoms with Crippen molar-refractivity contribution in [3.05, 3.63) is 16.6 Å². The van der Waals surface area contributed by atoms with E-state index >= 15 is 0 Å². The molecule has 0 spiro atoms. The average molecular weight is 128 g/mol. The predicted molar refractivity (Wildman–Crippen MR) is 25.6 cm³/mol. The summed E-state index contributed by atoms with van der Waals surface area (Å²) in [5, 5.41) is 13.6. The maximum Gasteiger partial charge on any atom is 0.260 e. The number of aldehydes is 1. The first-order valence-electron chi connectivity index (χ1n) is 2.27. The molecule has 0 radical (unpaired) electrons. The standard InChI is InChI=1S/C4H4N2O3/c1-3-4(2-7)6(8)9-5-3/h2H,1H3. The summed E-state index contributed by atoms with van der Waals surface area (Å²) in [5.41, 5.74) is 0.231. The van der Waals surface area contributed by atoms with Crippen LogP contribution in [0.15, 0.2) is 4.63 Å². The van der Waals surface area contributed by atoms with Crippen molar-refractivity contribution in [2.75, 3.05) is 0 Å². The Bertz CT molecular complexity index is 210. The topological polar surface area (TPSA) is 70.0 Å². The van der Waals surface area contributed by atoms with Crippen molar-refractivity contribution in [1.82, 2.24) is 5.16 Å². The van der Waals surface area contributed by atoms with Crippen LogP contribution in [0.3, 0.4) is 0 Å². The van der Waals surface area contributed by atoms with Gasteiger partial charge in [-0.15, -0.1) is 0 Å². The number of aryl methyl sites for hydroxylation is 1. The highest BCUT2D eigenvalue weighted by atomic mass is 16.8. The van der Waals surface area contributed by atoms with E-state index in [1.54, 1.807) is 0 Å². The highest BCUT2D eigenvalue weighted by Crippen LogP contribution is 1.91. The van der Waals surface area contributed by atoms with E-state index in [9.17, 15) is 10.0 Å². The van der Waals surface area contributed by atoms with Crippen LogP contribution in [0.4, 0.5) is 0 Å². The number of carbonyl (C=O) groups excluding carboxylic acids is 1. The molecule has 5 heteroatoms. The van der Waals surface area contributed by atoms with Gasteiger partial charge in [-0.05, 0) is 4.90 Å². The Balaban J connectivity index is 3.22. The Hall–Kier alpha value is -1.39. The van der Waals surface area contributed by atoms with Crippen molar-refractivity contribution in [3.63, 3.8) is 0 Å². The minimum atomic E-state index is -0.0741. The number of carbonyl (C=O) groups is 1. The molecule has 9 heavy (non-hydrogen) atoms. The third-order valence-electron chi connectivity index (χ3n) is 0.931. The van der Waals surface area contributed by atoms with Crippen molar-refractivity contribution in [2.24, 2.45) is 0 Å². The Labute approximate surface area is 50.4 Å². The molecule has 0 fully saturated rings. The van der Waals surface area contributed by atoms with Gasteiger partial charge in [0.2, 0.25) is 5.69 Å². The first-order valence-corrected chi connectivity index (χ1v) is 2.27. The van der Waals surface area contributed by atoms with Gasteiger partial charge in [-0.1, -0.05) is 0 Å². The van der Waals surface area contributed by atoms with Gasteiger partial charge in [0.05, 0.1) is 0 Å². The van der Waals surface area contributed by atoms with Crippen LogP contribution >= 0.6 is 0 Å². The van der Waals surface area contributed by atoms with Crippen LogP contribution in [0.2, 0.25) is 0 Å². The fourth-order valence-electron chi connectivity index (χ4n) is 0.449. The number of hydrogen-bond acceptors (Lipinski definition) is 4. The zero-order valence-electron chi connectivity index (χ0n) is 4.70. The Morgan fingerprint density at radius 3 is 2.78 bits per heavy atom. The number of nitrogens with zero attached hydrogens (tertiary/aromatic N) is 2. The highest BCUT2D eigenvalue weighted by Gasteiger charge is 2.11. The van der Waals surface area contributed by atoms with Crippen LogP contribution in [-0.2, 0) is 0 Å². The lowest BCUT2D eigenvalue weighted by molar-refractivity contribution is -0.803. The molecule has 0 saturated carbocycles. The van der Waals surface area contributed by atoms with Crippen LogP contribution in [-0.4, -0.2) is 11.4 Å². The summed E-state index contributed by atoms with van der Waals surface area (Å²) in [6, 6.07) is 0. The van der Waals surface area contributed by atoms with E-state index in [4.69, 9.17) is 0 Å². The molecule has 0 aliphatic heterocycles. The van der Waals surface area contributed by atoms with E-state index in [2.05, 4.69) is 9.79 Å². The molecule has 0 aliphatic carbocycles. The molecule has 1 rings (SSSR count). The zero-order chi connectivity index (χ0) is 6.85. The average Bonchev–Trinajstić information content (AvgIpc) is 2.12. The van der Waals surface area contributed by atoms with Gasteiger partial charge in [-0.2, -0.15) is 0 Å². The van der Waals surface area contributed by atoms with Crippen LogP contribution in [0.25, 0.3) is 0 Å². The molecule has 0 bridgehead atoms. The molecule has 0 amide bonds. The molecule has 0 saturated heterocycles. The van der Waals surface area contributed by atoms with Crippen LogP contribution < -0.4 is 4.90 Å². The quantitative estimate of drug-likeness (QED) is 0.375. The summed E-state index contributed by atoms with van der Waals surface area (Å²) in [7, 11) is 0. The second-order valence-corrected chi connectivity index (χ2v) is 1.52. The summed E-state index contributed by atoms with van der Waals surface area (Å²) in [4.78, 5) is 10.1. The third-order valence-corrected chi connectivity index (χ3v) is 0.931. The van der Waals surface area contributed by atoms with Gasteiger partial charge in [-0.3, -0.25) is 9.42 Å². The Kier molecular flexibility index (Phi) is 1.18. The van der Waals surface area contributed by atoms with Gasteiger partial charge in [-0.25, -0.2) is 0 Å². The summed E-state index contributed by atoms with van der Waals surface area (Å²) < 4.78 is 4.07. The van der Waals surface area contributed by atoms with Gasteiger partial charge in [0.25, 0.3) is 5.69 Å². The van der Waals surface area contributed by atoms with E-state index in [0.29, 0.717) is 12.0 Å². The molecular formula is C4H4N2O3. The fourth-order valence-corrected chi connectivity index (χ4v) is 0.449. The van der Waals surface area contributed by atoms with Crippen molar-refractivity contribution in [3.8, 4) is 0 Å². The minimum Gasteiger partial charge on any atom is -0.359 e. The zero-order valence-corrected chi connectivity index (χ0v) is 4.70. The molecule has 48 valence electrons. The van der Waals surface area contributed by atoms with Crippen molar-refractivity contribution >= 4 is 6.29 Å². The molecule has 1 heterocycles. The molecule has 1 aromatic heterocycles. The first kappa shape index (κ1) is 5.74. The van der Waals surface area contributed by atoms with Gasteiger partial charge in [0, 0.05) is 12.1 Å². The lowest BCUT2D eigenvalue weighted by Crippen LogP contribution is -2.27. The van der Waals surface area contributed by atoms with Gasteiger partial charge in [0.15, 0.2) is 6.29 Å². The number of aromatic nitrogens is 2. The Morgan fingerprint density at radius 2 is 2.56 bits per heavy atom. The maximum atomic E-state index is 10.3. The smallest absolute Gasteiger partial charge is 0.260 e. The second kappa shape index (κ2) is 1.85. The molecule has 1 aromatic rings. The predicted octanol–water partition coefficient (Wildman–Crippen LogP) is -0.571.